The maximum Gasteiger partial charge on any atom is 0.158 e. The van der Waals surface area contributed by atoms with Crippen LogP contribution in [0.25, 0.3) is 11.5 Å². The fourth-order valence-corrected chi connectivity index (χ4v) is 3.23. The molecule has 0 aromatic carbocycles. The molecule has 2 aromatic rings. The van der Waals surface area contributed by atoms with Crippen molar-refractivity contribution in [3.63, 3.8) is 0 Å². The predicted octanol–water partition coefficient (Wildman–Crippen LogP) is 4.48. The lowest BCUT2D eigenvalue weighted by Gasteiger charge is -2.12. The Labute approximate surface area is 124 Å². The number of aromatic nitrogens is 3. The maximum absolute atomic E-state index is 5.33. The number of rotatable bonds is 2. The lowest BCUT2D eigenvalue weighted by Crippen LogP contribution is -2.02. The number of H-pyrrole nitrogens is 1. The van der Waals surface area contributed by atoms with Gasteiger partial charge < -0.3 is 4.98 Å². The molecule has 0 amide bonds. The predicted molar refractivity (Wildman–Crippen MR) is 83.3 cm³/mol. The Morgan fingerprint density at radius 1 is 1.20 bits per heavy atom. The van der Waals surface area contributed by atoms with E-state index in [1.165, 1.54) is 31.4 Å². The molecular formula is C16H19N3S. The minimum absolute atomic E-state index is 0.601. The molecule has 1 N–H and O–H groups in total. The third-order valence-corrected chi connectivity index (χ3v) is 4.21. The molecule has 0 atom stereocenters. The molecule has 1 aliphatic rings. The number of pyridine rings is 1. The van der Waals surface area contributed by atoms with Gasteiger partial charge in [0.2, 0.25) is 0 Å². The van der Waals surface area contributed by atoms with E-state index in [-0.39, 0.29) is 0 Å². The van der Waals surface area contributed by atoms with Gasteiger partial charge in [0.1, 0.15) is 10.3 Å². The van der Waals surface area contributed by atoms with E-state index in [1.807, 2.05) is 19.2 Å². The summed E-state index contributed by atoms with van der Waals surface area (Å²) in [6.07, 6.45) is 6.99. The Morgan fingerprint density at radius 3 is 2.65 bits per heavy atom. The van der Waals surface area contributed by atoms with E-state index >= 15 is 0 Å². The molecule has 0 unspecified atom stereocenters. The summed E-state index contributed by atoms with van der Waals surface area (Å²) >= 11 is 5.33. The van der Waals surface area contributed by atoms with E-state index in [4.69, 9.17) is 12.2 Å². The highest BCUT2D eigenvalue weighted by Crippen LogP contribution is 2.33. The van der Waals surface area contributed by atoms with Crippen LogP contribution < -0.4 is 0 Å². The fourth-order valence-electron chi connectivity index (χ4n) is 3.01. The molecule has 0 aliphatic heterocycles. The van der Waals surface area contributed by atoms with E-state index in [2.05, 4.69) is 27.9 Å². The summed E-state index contributed by atoms with van der Waals surface area (Å²) in [4.78, 5) is 12.4. The Morgan fingerprint density at radius 2 is 1.95 bits per heavy atom. The van der Waals surface area contributed by atoms with Crippen molar-refractivity contribution in [2.24, 2.45) is 0 Å². The van der Waals surface area contributed by atoms with Crippen molar-refractivity contribution < 1.29 is 0 Å². The van der Waals surface area contributed by atoms with Crippen molar-refractivity contribution >= 4 is 12.2 Å². The summed E-state index contributed by atoms with van der Waals surface area (Å²) in [5, 5.41) is 0. The zero-order valence-corrected chi connectivity index (χ0v) is 12.8. The number of aryl methyl sites for hydroxylation is 2. The van der Waals surface area contributed by atoms with Crippen LogP contribution in [0.2, 0.25) is 0 Å². The van der Waals surface area contributed by atoms with Gasteiger partial charge in [0, 0.05) is 11.9 Å². The third kappa shape index (κ3) is 2.66. The van der Waals surface area contributed by atoms with Crippen molar-refractivity contribution in [1.29, 1.82) is 0 Å². The van der Waals surface area contributed by atoms with Crippen LogP contribution in [0, 0.1) is 18.5 Å². The number of aromatic amines is 1. The summed E-state index contributed by atoms with van der Waals surface area (Å²) in [6, 6.07) is 4.14. The maximum atomic E-state index is 5.33. The highest BCUT2D eigenvalue weighted by Gasteiger charge is 2.19. The van der Waals surface area contributed by atoms with Gasteiger partial charge in [0.25, 0.3) is 0 Å². The van der Waals surface area contributed by atoms with Crippen molar-refractivity contribution in [3.05, 3.63) is 39.8 Å². The van der Waals surface area contributed by atoms with Crippen LogP contribution in [0.1, 0.15) is 48.4 Å². The summed E-state index contributed by atoms with van der Waals surface area (Å²) < 4.78 is 0.655. The highest BCUT2D eigenvalue weighted by atomic mass is 32.1. The van der Waals surface area contributed by atoms with E-state index in [0.29, 0.717) is 10.6 Å². The van der Waals surface area contributed by atoms with Crippen LogP contribution in [0.15, 0.2) is 18.3 Å². The van der Waals surface area contributed by atoms with Gasteiger partial charge in [-0.2, -0.15) is 0 Å². The molecule has 0 spiro atoms. The number of nitrogens with one attached hydrogen (secondary N) is 1. The summed E-state index contributed by atoms with van der Waals surface area (Å²) in [5.41, 5.74) is 4.42. The number of hydrogen-bond donors (Lipinski definition) is 1. The van der Waals surface area contributed by atoms with Gasteiger partial charge in [-0.25, -0.2) is 4.98 Å². The molecule has 1 saturated carbocycles. The molecule has 0 saturated heterocycles. The van der Waals surface area contributed by atoms with Crippen molar-refractivity contribution in [3.8, 4) is 11.5 Å². The standard InChI is InChI=1S/C16H19N3S/c1-10-7-11(2)15(17-9-10)16-18-13(8-14(20)19-16)12-5-3-4-6-12/h7-9,12H,3-6H2,1-2H3,(H,18,19,20). The minimum atomic E-state index is 0.601. The third-order valence-electron chi connectivity index (χ3n) is 4.00. The Bertz CT molecular complexity index is 684. The minimum Gasteiger partial charge on any atom is -0.342 e. The normalized spacial score (nSPS) is 15.7. The van der Waals surface area contributed by atoms with Gasteiger partial charge in [0.15, 0.2) is 5.82 Å². The van der Waals surface area contributed by atoms with Crippen molar-refractivity contribution in [2.45, 2.75) is 45.4 Å². The van der Waals surface area contributed by atoms with E-state index in [1.54, 1.807) is 0 Å². The first-order valence-electron chi connectivity index (χ1n) is 7.18. The second-order valence-corrected chi connectivity index (χ2v) is 6.10. The Kier molecular flexibility index (Phi) is 3.66. The van der Waals surface area contributed by atoms with Gasteiger partial charge >= 0.3 is 0 Å². The molecule has 1 fully saturated rings. The molecule has 0 bridgehead atoms. The Balaban J connectivity index is 2.07. The average molecular weight is 285 g/mol. The molecule has 4 heteroatoms. The fraction of sp³-hybridized carbons (Fsp3) is 0.438. The molecule has 3 nitrogen and oxygen atoms in total. The molecule has 2 heterocycles. The van der Waals surface area contributed by atoms with Crippen LogP contribution in [-0.4, -0.2) is 15.0 Å². The first-order valence-corrected chi connectivity index (χ1v) is 7.59. The second-order valence-electron chi connectivity index (χ2n) is 5.68. The smallest absolute Gasteiger partial charge is 0.158 e. The monoisotopic (exact) mass is 285 g/mol. The summed E-state index contributed by atoms with van der Waals surface area (Å²) in [6.45, 7) is 4.12. The number of hydrogen-bond acceptors (Lipinski definition) is 3. The highest BCUT2D eigenvalue weighted by molar-refractivity contribution is 7.71. The van der Waals surface area contributed by atoms with Crippen molar-refractivity contribution in [1.82, 2.24) is 15.0 Å². The topological polar surface area (TPSA) is 41.6 Å². The van der Waals surface area contributed by atoms with E-state index < -0.39 is 0 Å². The molecule has 2 aromatic heterocycles. The molecule has 3 rings (SSSR count). The summed E-state index contributed by atoms with van der Waals surface area (Å²) in [7, 11) is 0. The lowest BCUT2D eigenvalue weighted by atomic mass is 10.0. The molecule has 1 aliphatic carbocycles. The van der Waals surface area contributed by atoms with Gasteiger partial charge in [0.05, 0.1) is 0 Å². The Hall–Kier alpha value is -1.55. The first kappa shape index (κ1) is 13.4. The van der Waals surface area contributed by atoms with Gasteiger partial charge in [-0.3, -0.25) is 4.98 Å². The van der Waals surface area contributed by atoms with Crippen LogP contribution in [-0.2, 0) is 0 Å². The van der Waals surface area contributed by atoms with Crippen LogP contribution in [0.3, 0.4) is 0 Å². The van der Waals surface area contributed by atoms with Crippen LogP contribution in [0.4, 0.5) is 0 Å². The quantitative estimate of drug-likeness (QED) is 0.827. The first-order chi connectivity index (χ1) is 9.63. The lowest BCUT2D eigenvalue weighted by molar-refractivity contribution is 0.694. The second kappa shape index (κ2) is 5.44. The molecular weight excluding hydrogens is 266 g/mol. The average Bonchev–Trinajstić information content (AvgIpc) is 2.91. The van der Waals surface area contributed by atoms with Crippen LogP contribution >= 0.6 is 12.2 Å². The van der Waals surface area contributed by atoms with Crippen molar-refractivity contribution in [2.75, 3.05) is 0 Å². The largest absolute Gasteiger partial charge is 0.342 e. The van der Waals surface area contributed by atoms with Gasteiger partial charge in [-0.05, 0) is 49.8 Å². The molecule has 104 valence electrons. The van der Waals surface area contributed by atoms with Crippen LogP contribution in [0.5, 0.6) is 0 Å². The zero-order valence-electron chi connectivity index (χ0n) is 11.9. The summed E-state index contributed by atoms with van der Waals surface area (Å²) in [5.74, 6) is 1.40. The molecule has 20 heavy (non-hydrogen) atoms. The number of nitrogens with zero attached hydrogens (tertiary/aromatic N) is 2. The molecule has 0 radical (unpaired) electrons. The SMILES string of the molecule is Cc1cnc(-c2nc(=S)cc(C3CCCC3)[nH]2)c(C)c1. The van der Waals surface area contributed by atoms with E-state index in [0.717, 1.165) is 22.6 Å². The van der Waals surface area contributed by atoms with E-state index in [9.17, 15) is 0 Å². The zero-order chi connectivity index (χ0) is 14.1. The van der Waals surface area contributed by atoms with Gasteiger partial charge in [-0.15, -0.1) is 0 Å². The van der Waals surface area contributed by atoms with Gasteiger partial charge in [-0.1, -0.05) is 31.1 Å².